The zero-order valence-corrected chi connectivity index (χ0v) is 12.0. The smallest absolute Gasteiger partial charge is 0.461 e. The summed E-state index contributed by atoms with van der Waals surface area (Å²) in [5.74, 6) is -0.733. The van der Waals surface area contributed by atoms with E-state index in [1.165, 1.54) is 30.3 Å². The van der Waals surface area contributed by atoms with E-state index in [-0.39, 0.29) is 23.9 Å². The summed E-state index contributed by atoms with van der Waals surface area (Å²) in [6.45, 7) is 1.90. The molecule has 0 fully saturated rings. The Kier molecular flexibility index (Phi) is 5.05. The van der Waals surface area contributed by atoms with Gasteiger partial charge in [-0.3, -0.25) is 0 Å². The molecule has 1 heterocycles. The fourth-order valence-corrected chi connectivity index (χ4v) is 1.61. The Labute approximate surface area is 129 Å². The largest absolute Gasteiger partial charge is 0.573 e. The summed E-state index contributed by atoms with van der Waals surface area (Å²) in [5, 5.41) is 0. The van der Waals surface area contributed by atoms with Crippen LogP contribution in [0, 0.1) is 0 Å². The van der Waals surface area contributed by atoms with Crippen molar-refractivity contribution in [1.29, 1.82) is 0 Å². The van der Waals surface area contributed by atoms with Crippen molar-refractivity contribution in [2.75, 3.05) is 6.61 Å². The molecule has 0 aliphatic carbocycles. The second kappa shape index (κ2) is 6.99. The van der Waals surface area contributed by atoms with Crippen LogP contribution in [0.2, 0.25) is 0 Å². The SMILES string of the molecule is CCOC(=O)c1coc(/C=C/c2ccc(OC(F)(F)F)cc2)n1. The highest BCUT2D eigenvalue weighted by atomic mass is 19.4. The van der Waals surface area contributed by atoms with Gasteiger partial charge in [-0.25, -0.2) is 9.78 Å². The second-order valence-corrected chi connectivity index (χ2v) is 4.24. The minimum atomic E-state index is -4.72. The van der Waals surface area contributed by atoms with E-state index >= 15 is 0 Å². The van der Waals surface area contributed by atoms with Crippen LogP contribution in [-0.2, 0) is 4.74 Å². The molecule has 1 aromatic carbocycles. The van der Waals surface area contributed by atoms with Crippen LogP contribution in [0.25, 0.3) is 12.2 Å². The van der Waals surface area contributed by atoms with Crippen LogP contribution in [0.1, 0.15) is 28.9 Å². The van der Waals surface area contributed by atoms with Crippen molar-refractivity contribution in [3.63, 3.8) is 0 Å². The fourth-order valence-electron chi connectivity index (χ4n) is 1.61. The average Bonchev–Trinajstić information content (AvgIpc) is 2.94. The first-order valence-electron chi connectivity index (χ1n) is 6.54. The van der Waals surface area contributed by atoms with E-state index in [0.717, 1.165) is 6.26 Å². The number of ether oxygens (including phenoxy) is 2. The maximum Gasteiger partial charge on any atom is 0.573 e. The minimum absolute atomic E-state index is 0.0421. The molecule has 2 rings (SSSR count). The maximum atomic E-state index is 12.0. The molecular weight excluding hydrogens is 315 g/mol. The first-order chi connectivity index (χ1) is 10.9. The van der Waals surface area contributed by atoms with Crippen LogP contribution in [0.4, 0.5) is 13.2 Å². The summed E-state index contributed by atoms with van der Waals surface area (Å²) in [6, 6.07) is 5.25. The molecule has 0 aliphatic heterocycles. The van der Waals surface area contributed by atoms with Gasteiger partial charge in [-0.15, -0.1) is 13.2 Å². The maximum absolute atomic E-state index is 12.0. The van der Waals surface area contributed by atoms with E-state index in [1.54, 1.807) is 13.0 Å². The summed E-state index contributed by atoms with van der Waals surface area (Å²) >= 11 is 0. The summed E-state index contributed by atoms with van der Waals surface area (Å²) in [7, 11) is 0. The van der Waals surface area contributed by atoms with Crippen molar-refractivity contribution in [3.05, 3.63) is 47.7 Å². The first-order valence-corrected chi connectivity index (χ1v) is 6.54. The van der Waals surface area contributed by atoms with E-state index in [9.17, 15) is 18.0 Å². The average molecular weight is 327 g/mol. The third-order valence-electron chi connectivity index (χ3n) is 2.54. The number of hydrogen-bond acceptors (Lipinski definition) is 5. The molecule has 0 atom stereocenters. The lowest BCUT2D eigenvalue weighted by molar-refractivity contribution is -0.274. The number of halogens is 3. The Morgan fingerprint density at radius 1 is 1.26 bits per heavy atom. The first kappa shape index (κ1) is 16.6. The molecule has 0 bridgehead atoms. The second-order valence-electron chi connectivity index (χ2n) is 4.24. The Bertz CT molecular complexity index is 689. The number of aromatic nitrogens is 1. The van der Waals surface area contributed by atoms with Crippen LogP contribution in [0.15, 0.2) is 34.9 Å². The lowest BCUT2D eigenvalue weighted by Gasteiger charge is -2.08. The Morgan fingerprint density at radius 3 is 2.57 bits per heavy atom. The van der Waals surface area contributed by atoms with E-state index in [0.29, 0.717) is 5.56 Å². The molecule has 23 heavy (non-hydrogen) atoms. The Hall–Kier alpha value is -2.77. The summed E-state index contributed by atoms with van der Waals surface area (Å²) in [5.41, 5.74) is 0.649. The van der Waals surface area contributed by atoms with Gasteiger partial charge in [0.25, 0.3) is 0 Å². The van der Waals surface area contributed by atoms with Crippen molar-refractivity contribution in [2.24, 2.45) is 0 Å². The van der Waals surface area contributed by atoms with Gasteiger partial charge in [-0.05, 0) is 30.7 Å². The third kappa shape index (κ3) is 5.17. The molecule has 0 N–H and O–H groups in total. The molecule has 2 aromatic rings. The third-order valence-corrected chi connectivity index (χ3v) is 2.54. The Morgan fingerprint density at radius 2 is 1.96 bits per heavy atom. The van der Waals surface area contributed by atoms with Gasteiger partial charge in [0.2, 0.25) is 5.89 Å². The summed E-state index contributed by atoms with van der Waals surface area (Å²) in [4.78, 5) is 15.3. The lowest BCUT2D eigenvalue weighted by Crippen LogP contribution is -2.16. The predicted octanol–water partition coefficient (Wildman–Crippen LogP) is 3.92. The van der Waals surface area contributed by atoms with Crippen LogP contribution >= 0.6 is 0 Å². The highest BCUT2D eigenvalue weighted by Gasteiger charge is 2.30. The minimum Gasteiger partial charge on any atom is -0.461 e. The molecule has 0 aliphatic rings. The summed E-state index contributed by atoms with van der Waals surface area (Å²) in [6.07, 6.45) is -0.517. The van der Waals surface area contributed by atoms with Crippen molar-refractivity contribution in [3.8, 4) is 5.75 Å². The molecule has 122 valence electrons. The lowest BCUT2D eigenvalue weighted by atomic mass is 10.2. The normalized spacial score (nSPS) is 11.7. The van der Waals surface area contributed by atoms with Crippen molar-refractivity contribution >= 4 is 18.1 Å². The van der Waals surface area contributed by atoms with Gasteiger partial charge in [0, 0.05) is 6.08 Å². The zero-order chi connectivity index (χ0) is 16.9. The molecule has 0 unspecified atom stereocenters. The van der Waals surface area contributed by atoms with Gasteiger partial charge in [0.15, 0.2) is 5.69 Å². The molecule has 5 nitrogen and oxygen atoms in total. The van der Waals surface area contributed by atoms with Gasteiger partial charge in [-0.2, -0.15) is 0 Å². The molecule has 0 saturated carbocycles. The number of carbonyl (C=O) groups excluding carboxylic acids is 1. The van der Waals surface area contributed by atoms with Crippen LogP contribution < -0.4 is 4.74 Å². The van der Waals surface area contributed by atoms with E-state index in [2.05, 4.69) is 9.72 Å². The van der Waals surface area contributed by atoms with E-state index in [4.69, 9.17) is 9.15 Å². The zero-order valence-electron chi connectivity index (χ0n) is 12.0. The van der Waals surface area contributed by atoms with Crippen molar-refractivity contribution in [2.45, 2.75) is 13.3 Å². The van der Waals surface area contributed by atoms with E-state index < -0.39 is 12.3 Å². The molecule has 0 saturated heterocycles. The van der Waals surface area contributed by atoms with Crippen LogP contribution in [0.3, 0.4) is 0 Å². The number of oxazole rings is 1. The monoisotopic (exact) mass is 327 g/mol. The number of carbonyl (C=O) groups is 1. The molecular formula is C15H12F3NO4. The van der Waals surface area contributed by atoms with Crippen LogP contribution in [-0.4, -0.2) is 23.9 Å². The molecule has 0 spiro atoms. The highest BCUT2D eigenvalue weighted by Crippen LogP contribution is 2.23. The summed E-state index contributed by atoms with van der Waals surface area (Å²) < 4.78 is 49.7. The van der Waals surface area contributed by atoms with Gasteiger partial charge >= 0.3 is 12.3 Å². The van der Waals surface area contributed by atoms with E-state index in [1.807, 2.05) is 0 Å². The number of rotatable bonds is 5. The predicted molar refractivity (Wildman–Crippen MR) is 74.5 cm³/mol. The van der Waals surface area contributed by atoms with Crippen molar-refractivity contribution in [1.82, 2.24) is 4.98 Å². The van der Waals surface area contributed by atoms with Crippen LogP contribution in [0.5, 0.6) is 5.75 Å². The number of nitrogens with zero attached hydrogens (tertiary/aromatic N) is 1. The quantitative estimate of drug-likeness (QED) is 0.779. The van der Waals surface area contributed by atoms with Gasteiger partial charge in [0.1, 0.15) is 12.0 Å². The fraction of sp³-hybridized carbons (Fsp3) is 0.200. The van der Waals surface area contributed by atoms with Gasteiger partial charge < -0.3 is 13.9 Å². The topological polar surface area (TPSA) is 61.6 Å². The van der Waals surface area contributed by atoms with Crippen molar-refractivity contribution < 1.29 is 31.9 Å². The molecule has 8 heteroatoms. The number of esters is 1. The number of benzene rings is 1. The standard InChI is InChI=1S/C15H12F3NO4/c1-2-21-14(20)12-9-22-13(19-12)8-5-10-3-6-11(7-4-10)23-15(16,17)18/h3-9H,2H2,1H3/b8-5+. The molecule has 0 amide bonds. The molecule has 0 radical (unpaired) electrons. The number of alkyl halides is 3. The molecule has 1 aromatic heterocycles. The highest BCUT2D eigenvalue weighted by molar-refractivity contribution is 5.87. The Balaban J connectivity index is 2.01. The van der Waals surface area contributed by atoms with Gasteiger partial charge in [-0.1, -0.05) is 12.1 Å². The number of hydrogen-bond donors (Lipinski definition) is 0. The van der Waals surface area contributed by atoms with Gasteiger partial charge in [0.05, 0.1) is 6.61 Å².